The molecule has 0 spiro atoms. The number of benzene rings is 2. The van der Waals surface area contributed by atoms with Gasteiger partial charge in [0.05, 0.1) is 17.7 Å². The van der Waals surface area contributed by atoms with E-state index in [1.807, 2.05) is 6.07 Å². The number of hydrogen-bond donors (Lipinski definition) is 1. The minimum absolute atomic E-state index is 0.0350. The smallest absolute Gasteiger partial charge is 0.337 e. The van der Waals surface area contributed by atoms with Gasteiger partial charge in [0.2, 0.25) is 15.9 Å². The monoisotopic (exact) mass is 422 g/mol. The Morgan fingerprint density at radius 3 is 2.68 bits per heavy atom. The number of nitrogens with zero attached hydrogens (tertiary/aromatic N) is 1. The molecule has 3 rings (SSSR count). The summed E-state index contributed by atoms with van der Waals surface area (Å²) in [6, 6.07) is 11.0. The van der Waals surface area contributed by atoms with Crippen molar-refractivity contribution in [2.75, 3.05) is 18.6 Å². The second-order valence-electron chi connectivity index (χ2n) is 6.28. The van der Waals surface area contributed by atoms with E-state index in [1.54, 1.807) is 23.1 Å². The molecule has 1 aliphatic rings. The van der Waals surface area contributed by atoms with Crippen LogP contribution in [0.4, 0.5) is 5.69 Å². The van der Waals surface area contributed by atoms with Crippen LogP contribution in [0.15, 0.2) is 47.4 Å². The molecule has 148 valence electrons. The number of amides is 1. The van der Waals surface area contributed by atoms with Crippen LogP contribution in [-0.4, -0.2) is 33.9 Å². The van der Waals surface area contributed by atoms with Gasteiger partial charge in [-0.3, -0.25) is 4.79 Å². The van der Waals surface area contributed by atoms with Crippen LogP contribution in [0.3, 0.4) is 0 Å². The Kier molecular flexibility index (Phi) is 6.02. The third-order valence-corrected chi connectivity index (χ3v) is 6.29. The minimum Gasteiger partial charge on any atom is -0.465 e. The number of methoxy groups -OCH3 is 1. The number of nitrogens with one attached hydrogen (secondary N) is 1. The lowest BCUT2D eigenvalue weighted by Crippen LogP contribution is -2.25. The van der Waals surface area contributed by atoms with E-state index in [4.69, 9.17) is 11.6 Å². The van der Waals surface area contributed by atoms with Gasteiger partial charge < -0.3 is 9.64 Å². The SMILES string of the molecule is COC(=O)c1ccc(S(=O)(=O)NCc2cccc(N3CCCC3=O)c2)c(Cl)c1. The summed E-state index contributed by atoms with van der Waals surface area (Å²) in [7, 11) is -2.67. The fourth-order valence-electron chi connectivity index (χ4n) is 2.98. The molecule has 0 radical (unpaired) electrons. The van der Waals surface area contributed by atoms with Crippen LogP contribution < -0.4 is 9.62 Å². The van der Waals surface area contributed by atoms with Crippen molar-refractivity contribution in [3.05, 3.63) is 58.6 Å². The van der Waals surface area contributed by atoms with E-state index in [0.717, 1.165) is 12.1 Å². The van der Waals surface area contributed by atoms with Crippen molar-refractivity contribution in [1.82, 2.24) is 4.72 Å². The van der Waals surface area contributed by atoms with E-state index < -0.39 is 16.0 Å². The lowest BCUT2D eigenvalue weighted by molar-refractivity contribution is -0.117. The van der Waals surface area contributed by atoms with Gasteiger partial charge in [-0.25, -0.2) is 17.9 Å². The number of esters is 1. The second kappa shape index (κ2) is 8.30. The highest BCUT2D eigenvalue weighted by molar-refractivity contribution is 7.89. The van der Waals surface area contributed by atoms with Crippen molar-refractivity contribution in [1.29, 1.82) is 0 Å². The molecule has 2 aromatic carbocycles. The lowest BCUT2D eigenvalue weighted by Gasteiger charge is -2.17. The minimum atomic E-state index is -3.90. The van der Waals surface area contributed by atoms with E-state index in [1.165, 1.54) is 25.3 Å². The van der Waals surface area contributed by atoms with Gasteiger partial charge in [0.1, 0.15) is 4.90 Å². The van der Waals surface area contributed by atoms with Gasteiger partial charge in [0, 0.05) is 25.2 Å². The van der Waals surface area contributed by atoms with E-state index in [0.29, 0.717) is 18.5 Å². The van der Waals surface area contributed by atoms with Crippen molar-refractivity contribution in [2.45, 2.75) is 24.3 Å². The Morgan fingerprint density at radius 2 is 2.04 bits per heavy atom. The molecule has 0 saturated carbocycles. The number of halogens is 1. The Labute approximate surface area is 168 Å². The third kappa shape index (κ3) is 4.35. The predicted molar refractivity (Wildman–Crippen MR) is 105 cm³/mol. The summed E-state index contributed by atoms with van der Waals surface area (Å²) >= 11 is 6.05. The number of ether oxygens (including phenoxy) is 1. The Morgan fingerprint density at radius 1 is 1.25 bits per heavy atom. The van der Waals surface area contributed by atoms with Gasteiger partial charge in [0.15, 0.2) is 0 Å². The summed E-state index contributed by atoms with van der Waals surface area (Å²) in [5, 5.41) is -0.0770. The van der Waals surface area contributed by atoms with E-state index in [9.17, 15) is 18.0 Å². The molecule has 1 N–H and O–H groups in total. The van der Waals surface area contributed by atoms with E-state index >= 15 is 0 Å². The Hall–Kier alpha value is -2.42. The second-order valence-corrected chi connectivity index (χ2v) is 8.42. The number of rotatable bonds is 6. The highest BCUT2D eigenvalue weighted by Crippen LogP contribution is 2.25. The highest BCUT2D eigenvalue weighted by Gasteiger charge is 2.22. The zero-order valence-corrected chi connectivity index (χ0v) is 16.7. The fourth-order valence-corrected chi connectivity index (χ4v) is 4.54. The molecule has 28 heavy (non-hydrogen) atoms. The number of hydrogen-bond acceptors (Lipinski definition) is 5. The normalized spacial score (nSPS) is 14.4. The van der Waals surface area contributed by atoms with Crippen LogP contribution in [0, 0.1) is 0 Å². The molecular formula is C19H19ClN2O5S. The maximum absolute atomic E-state index is 12.6. The van der Waals surface area contributed by atoms with Crippen molar-refractivity contribution in [3.8, 4) is 0 Å². The number of sulfonamides is 1. The number of carbonyl (C=O) groups is 2. The molecule has 0 aromatic heterocycles. The predicted octanol–water partition coefficient (Wildman–Crippen LogP) is 2.73. The zero-order valence-electron chi connectivity index (χ0n) is 15.1. The van der Waals surface area contributed by atoms with Gasteiger partial charge in [-0.1, -0.05) is 23.7 Å². The summed E-state index contributed by atoms with van der Waals surface area (Å²) in [6.45, 7) is 0.698. The van der Waals surface area contributed by atoms with Crippen LogP contribution in [0.25, 0.3) is 0 Å². The molecular weight excluding hydrogens is 404 g/mol. The molecule has 0 atom stereocenters. The lowest BCUT2D eigenvalue weighted by atomic mass is 10.2. The van der Waals surface area contributed by atoms with Gasteiger partial charge >= 0.3 is 5.97 Å². The molecule has 2 aromatic rings. The Balaban J connectivity index is 1.75. The largest absolute Gasteiger partial charge is 0.465 e. The van der Waals surface area contributed by atoms with Crippen LogP contribution >= 0.6 is 11.6 Å². The van der Waals surface area contributed by atoms with E-state index in [-0.39, 0.29) is 27.9 Å². The van der Waals surface area contributed by atoms with Crippen LogP contribution in [-0.2, 0) is 26.1 Å². The Bertz CT molecular complexity index is 1020. The summed E-state index contributed by atoms with van der Waals surface area (Å²) in [5.41, 5.74) is 1.62. The molecule has 0 aliphatic carbocycles. The molecule has 0 unspecified atom stereocenters. The van der Waals surface area contributed by atoms with Gasteiger partial charge in [-0.05, 0) is 42.3 Å². The molecule has 1 saturated heterocycles. The third-order valence-electron chi connectivity index (χ3n) is 4.40. The quantitative estimate of drug-likeness (QED) is 0.722. The molecule has 1 amide bonds. The number of anilines is 1. The van der Waals surface area contributed by atoms with Crippen LogP contribution in [0.2, 0.25) is 5.02 Å². The average molecular weight is 423 g/mol. The highest BCUT2D eigenvalue weighted by atomic mass is 35.5. The van der Waals surface area contributed by atoms with E-state index in [2.05, 4.69) is 9.46 Å². The summed E-state index contributed by atoms with van der Waals surface area (Å²) in [5.74, 6) is -0.540. The zero-order chi connectivity index (χ0) is 20.3. The molecule has 1 heterocycles. The molecule has 1 aliphatic heterocycles. The van der Waals surface area contributed by atoms with Crippen molar-refractivity contribution in [3.63, 3.8) is 0 Å². The van der Waals surface area contributed by atoms with Gasteiger partial charge in [-0.15, -0.1) is 0 Å². The first-order valence-corrected chi connectivity index (χ1v) is 10.4. The first-order valence-electron chi connectivity index (χ1n) is 8.58. The van der Waals surface area contributed by atoms with Crippen LogP contribution in [0.5, 0.6) is 0 Å². The first-order chi connectivity index (χ1) is 13.3. The molecule has 9 heteroatoms. The average Bonchev–Trinajstić information content (AvgIpc) is 3.11. The molecule has 0 bridgehead atoms. The fraction of sp³-hybridized carbons (Fsp3) is 0.263. The molecule has 1 fully saturated rings. The standard InChI is InChI=1S/C19H19ClN2O5S/c1-27-19(24)14-7-8-17(16(20)11-14)28(25,26)21-12-13-4-2-5-15(10-13)22-9-3-6-18(22)23/h2,4-5,7-8,10-11,21H,3,6,9,12H2,1H3. The maximum atomic E-state index is 12.6. The summed E-state index contributed by atoms with van der Waals surface area (Å²) in [6.07, 6.45) is 1.34. The van der Waals surface area contributed by atoms with Crippen molar-refractivity contribution >= 4 is 39.2 Å². The summed E-state index contributed by atoms with van der Waals surface area (Å²) < 4.78 is 32.3. The maximum Gasteiger partial charge on any atom is 0.337 e. The first kappa shape index (κ1) is 20.3. The van der Waals surface area contributed by atoms with Crippen molar-refractivity contribution < 1.29 is 22.7 Å². The van der Waals surface area contributed by atoms with Crippen molar-refractivity contribution in [2.24, 2.45) is 0 Å². The molecule has 7 nitrogen and oxygen atoms in total. The topological polar surface area (TPSA) is 92.8 Å². The van der Waals surface area contributed by atoms with Gasteiger partial charge in [0.25, 0.3) is 0 Å². The summed E-state index contributed by atoms with van der Waals surface area (Å²) in [4.78, 5) is 25.0. The number of carbonyl (C=O) groups excluding carboxylic acids is 2. The van der Waals surface area contributed by atoms with Gasteiger partial charge in [-0.2, -0.15) is 0 Å². The van der Waals surface area contributed by atoms with Crippen LogP contribution in [0.1, 0.15) is 28.8 Å².